The van der Waals surface area contributed by atoms with E-state index in [1.54, 1.807) is 17.6 Å². The van der Waals surface area contributed by atoms with Gasteiger partial charge in [-0.25, -0.2) is 9.50 Å². The molecule has 0 saturated heterocycles. The number of hydrogen-bond acceptors (Lipinski definition) is 4. The lowest BCUT2D eigenvalue weighted by Gasteiger charge is -2.09. The third-order valence-electron chi connectivity index (χ3n) is 2.73. The summed E-state index contributed by atoms with van der Waals surface area (Å²) in [5, 5.41) is 4.63. The van der Waals surface area contributed by atoms with Gasteiger partial charge in [0.2, 0.25) is 0 Å². The Morgan fingerprint density at radius 3 is 3.00 bits per heavy atom. The maximum Gasteiger partial charge on any atom is 0.306 e. The van der Waals surface area contributed by atoms with Gasteiger partial charge in [-0.3, -0.25) is 4.79 Å². The van der Waals surface area contributed by atoms with Crippen molar-refractivity contribution in [3.8, 4) is 0 Å². The Hall–Kier alpha value is -1.14. The average Bonchev–Trinajstić information content (AvgIpc) is 2.71. The normalized spacial score (nSPS) is 10.9. The largest absolute Gasteiger partial charge is 0.466 e. The molecule has 2 rings (SSSR count). The molecule has 0 bridgehead atoms. The number of aryl methyl sites for hydroxylation is 1. The summed E-state index contributed by atoms with van der Waals surface area (Å²) >= 11 is 9.67. The number of rotatable bonds is 4. The molecule has 0 radical (unpaired) electrons. The van der Waals surface area contributed by atoms with Crippen LogP contribution in [0.3, 0.4) is 0 Å². The number of ether oxygens (including phenoxy) is 1. The molecular weight excluding hydrogens is 334 g/mol. The Bertz CT molecular complexity index is 627. The van der Waals surface area contributed by atoms with Crippen molar-refractivity contribution >= 4 is 39.1 Å². The van der Waals surface area contributed by atoms with Crippen LogP contribution in [0.1, 0.15) is 24.6 Å². The first-order chi connectivity index (χ1) is 9.04. The third kappa shape index (κ3) is 2.90. The van der Waals surface area contributed by atoms with E-state index in [0.717, 1.165) is 15.7 Å². The van der Waals surface area contributed by atoms with Crippen LogP contribution in [0.15, 0.2) is 10.7 Å². The molecule has 2 aromatic heterocycles. The van der Waals surface area contributed by atoms with Crippen LogP contribution < -0.4 is 0 Å². The molecule has 0 aromatic carbocycles. The van der Waals surface area contributed by atoms with E-state index < -0.39 is 0 Å². The van der Waals surface area contributed by atoms with Crippen molar-refractivity contribution in [2.24, 2.45) is 0 Å². The molecule has 0 atom stereocenters. The monoisotopic (exact) mass is 345 g/mol. The summed E-state index contributed by atoms with van der Waals surface area (Å²) in [4.78, 5) is 15.8. The van der Waals surface area contributed by atoms with Crippen molar-refractivity contribution in [3.63, 3.8) is 0 Å². The summed E-state index contributed by atoms with van der Waals surface area (Å²) in [6.07, 6.45) is 2.41. The Kier molecular flexibility index (Phi) is 4.42. The molecule has 5 nitrogen and oxygen atoms in total. The first-order valence-electron chi connectivity index (χ1n) is 5.88. The lowest BCUT2D eigenvalue weighted by Crippen LogP contribution is -2.08. The van der Waals surface area contributed by atoms with Crippen LogP contribution in [0.4, 0.5) is 0 Å². The fraction of sp³-hybridized carbons (Fsp3) is 0.417. The molecular formula is C12H13BrClN3O2. The van der Waals surface area contributed by atoms with Crippen molar-refractivity contribution in [1.29, 1.82) is 0 Å². The first-order valence-corrected chi connectivity index (χ1v) is 7.05. The highest BCUT2D eigenvalue weighted by atomic mass is 79.9. The molecule has 0 amide bonds. The fourth-order valence-electron chi connectivity index (χ4n) is 1.81. The van der Waals surface area contributed by atoms with Crippen LogP contribution in [-0.2, 0) is 16.0 Å². The molecule has 0 aliphatic carbocycles. The lowest BCUT2D eigenvalue weighted by atomic mass is 10.1. The minimum Gasteiger partial charge on any atom is -0.466 e. The van der Waals surface area contributed by atoms with Crippen molar-refractivity contribution in [1.82, 2.24) is 14.6 Å². The number of esters is 1. The minimum atomic E-state index is -0.236. The van der Waals surface area contributed by atoms with Gasteiger partial charge in [-0.1, -0.05) is 11.6 Å². The van der Waals surface area contributed by atoms with E-state index in [0.29, 0.717) is 23.8 Å². The second-order valence-corrected chi connectivity index (χ2v) is 5.21. The maximum atomic E-state index is 11.4. The number of carbonyl (C=O) groups excluding carboxylic acids is 1. The molecule has 7 heteroatoms. The van der Waals surface area contributed by atoms with Crippen molar-refractivity contribution in [2.45, 2.75) is 26.7 Å². The molecule has 0 saturated carbocycles. The summed E-state index contributed by atoms with van der Waals surface area (Å²) in [6, 6.07) is 0. The van der Waals surface area contributed by atoms with Crippen molar-refractivity contribution in [2.75, 3.05) is 6.61 Å². The van der Waals surface area contributed by atoms with Crippen LogP contribution in [-0.4, -0.2) is 27.2 Å². The number of aromatic nitrogens is 3. The Labute approximate surface area is 124 Å². The van der Waals surface area contributed by atoms with Crippen LogP contribution in [0.2, 0.25) is 5.15 Å². The summed E-state index contributed by atoms with van der Waals surface area (Å²) in [6.45, 7) is 4.03. The zero-order valence-electron chi connectivity index (χ0n) is 10.6. The van der Waals surface area contributed by atoms with Crippen LogP contribution in [0.25, 0.3) is 5.65 Å². The lowest BCUT2D eigenvalue weighted by molar-refractivity contribution is -0.143. The standard InChI is InChI=1S/C12H13BrClN3O2/c1-3-19-10(18)5-4-8-7(2)16-12-9(13)6-15-17(12)11(8)14/h6H,3-5H2,1-2H3. The van der Waals surface area contributed by atoms with E-state index in [2.05, 4.69) is 26.0 Å². The summed E-state index contributed by atoms with van der Waals surface area (Å²) in [7, 11) is 0. The molecule has 0 unspecified atom stereocenters. The molecule has 0 fully saturated rings. The molecule has 0 spiro atoms. The SMILES string of the molecule is CCOC(=O)CCc1c(C)nc2c(Br)cnn2c1Cl. The topological polar surface area (TPSA) is 56.5 Å². The number of hydrogen-bond donors (Lipinski definition) is 0. The van der Waals surface area contributed by atoms with Gasteiger partial charge in [0, 0.05) is 17.7 Å². The molecule has 0 N–H and O–H groups in total. The zero-order chi connectivity index (χ0) is 14.0. The van der Waals surface area contributed by atoms with Crippen LogP contribution >= 0.6 is 27.5 Å². The summed E-state index contributed by atoms with van der Waals surface area (Å²) < 4.78 is 7.24. The fourth-order valence-corrected chi connectivity index (χ4v) is 2.52. The van der Waals surface area contributed by atoms with Gasteiger partial charge in [0.25, 0.3) is 0 Å². The average molecular weight is 347 g/mol. The van der Waals surface area contributed by atoms with E-state index in [1.807, 2.05) is 6.92 Å². The van der Waals surface area contributed by atoms with Crippen molar-refractivity contribution < 1.29 is 9.53 Å². The number of nitrogens with zero attached hydrogens (tertiary/aromatic N) is 3. The molecule has 19 heavy (non-hydrogen) atoms. The second kappa shape index (κ2) is 5.88. The van der Waals surface area contributed by atoms with E-state index in [9.17, 15) is 4.79 Å². The Morgan fingerprint density at radius 1 is 1.58 bits per heavy atom. The van der Waals surface area contributed by atoms with Gasteiger partial charge in [0.15, 0.2) is 5.65 Å². The highest BCUT2D eigenvalue weighted by Gasteiger charge is 2.15. The van der Waals surface area contributed by atoms with E-state index >= 15 is 0 Å². The van der Waals surface area contributed by atoms with Gasteiger partial charge in [0.05, 0.1) is 17.3 Å². The van der Waals surface area contributed by atoms with Crippen LogP contribution in [0, 0.1) is 6.92 Å². The Balaban J connectivity index is 2.30. The minimum absolute atomic E-state index is 0.236. The number of fused-ring (bicyclic) bond motifs is 1. The highest BCUT2D eigenvalue weighted by molar-refractivity contribution is 9.10. The van der Waals surface area contributed by atoms with E-state index in [-0.39, 0.29) is 12.4 Å². The smallest absolute Gasteiger partial charge is 0.306 e. The predicted molar refractivity (Wildman–Crippen MR) is 75.4 cm³/mol. The second-order valence-electron chi connectivity index (χ2n) is 4.00. The van der Waals surface area contributed by atoms with Gasteiger partial charge in [-0.15, -0.1) is 0 Å². The zero-order valence-corrected chi connectivity index (χ0v) is 13.0. The summed E-state index contributed by atoms with van der Waals surface area (Å²) in [5.74, 6) is -0.236. The predicted octanol–water partition coefficient (Wildman–Crippen LogP) is 2.95. The molecule has 2 heterocycles. The first kappa shape index (κ1) is 14.3. The van der Waals surface area contributed by atoms with E-state index in [4.69, 9.17) is 16.3 Å². The van der Waals surface area contributed by atoms with Gasteiger partial charge in [-0.05, 0) is 36.2 Å². The van der Waals surface area contributed by atoms with E-state index in [1.165, 1.54) is 0 Å². The molecule has 102 valence electrons. The van der Waals surface area contributed by atoms with Crippen LogP contribution in [0.5, 0.6) is 0 Å². The molecule has 0 aliphatic heterocycles. The number of carbonyl (C=O) groups is 1. The Morgan fingerprint density at radius 2 is 2.32 bits per heavy atom. The van der Waals surface area contributed by atoms with Gasteiger partial charge in [0.1, 0.15) is 5.15 Å². The quantitative estimate of drug-likeness (QED) is 0.631. The van der Waals surface area contributed by atoms with Gasteiger partial charge < -0.3 is 4.74 Å². The maximum absolute atomic E-state index is 11.4. The molecule has 2 aromatic rings. The van der Waals surface area contributed by atoms with Gasteiger partial charge >= 0.3 is 5.97 Å². The van der Waals surface area contributed by atoms with Crippen molar-refractivity contribution in [3.05, 3.63) is 27.1 Å². The molecule has 0 aliphatic rings. The third-order valence-corrected chi connectivity index (χ3v) is 3.68. The van der Waals surface area contributed by atoms with Gasteiger partial charge in [-0.2, -0.15) is 5.10 Å². The highest BCUT2D eigenvalue weighted by Crippen LogP contribution is 2.25. The number of halogens is 2. The summed E-state index contributed by atoms with van der Waals surface area (Å²) in [5.41, 5.74) is 2.28.